The van der Waals surface area contributed by atoms with E-state index in [-0.39, 0.29) is 18.5 Å². The minimum Gasteiger partial charge on any atom is -0.466 e. The molecule has 0 bridgehead atoms. The molecular formula is C58H109NO5. The first kappa shape index (κ1) is 62.1. The van der Waals surface area contributed by atoms with E-state index in [4.69, 9.17) is 4.74 Å². The van der Waals surface area contributed by atoms with Crippen molar-refractivity contribution < 1.29 is 24.5 Å². The third kappa shape index (κ3) is 49.5. The molecule has 0 radical (unpaired) electrons. The first-order valence-electron chi connectivity index (χ1n) is 28.2. The van der Waals surface area contributed by atoms with Crippen LogP contribution in [-0.2, 0) is 14.3 Å². The van der Waals surface area contributed by atoms with Gasteiger partial charge in [0.25, 0.3) is 0 Å². The van der Waals surface area contributed by atoms with E-state index in [2.05, 4.69) is 49.5 Å². The van der Waals surface area contributed by atoms with E-state index < -0.39 is 12.1 Å². The third-order valence-corrected chi connectivity index (χ3v) is 12.9. The maximum atomic E-state index is 12.4. The second kappa shape index (κ2) is 53.7. The fourth-order valence-electron chi connectivity index (χ4n) is 8.57. The van der Waals surface area contributed by atoms with Gasteiger partial charge < -0.3 is 20.3 Å². The van der Waals surface area contributed by atoms with Crippen molar-refractivity contribution in [2.45, 2.75) is 309 Å². The molecule has 3 N–H and O–H groups in total. The van der Waals surface area contributed by atoms with Gasteiger partial charge in [0.15, 0.2) is 0 Å². The fourth-order valence-corrected chi connectivity index (χ4v) is 8.57. The van der Waals surface area contributed by atoms with Crippen LogP contribution in [-0.4, -0.2) is 47.4 Å². The second-order valence-electron chi connectivity index (χ2n) is 19.3. The molecule has 0 saturated carbocycles. The van der Waals surface area contributed by atoms with E-state index in [0.717, 1.165) is 51.4 Å². The molecule has 0 aromatic carbocycles. The van der Waals surface area contributed by atoms with Crippen LogP contribution in [0.5, 0.6) is 0 Å². The number of amides is 1. The highest BCUT2D eigenvalue weighted by Crippen LogP contribution is 2.16. The van der Waals surface area contributed by atoms with E-state index in [1.807, 2.05) is 6.08 Å². The highest BCUT2D eigenvalue weighted by molar-refractivity contribution is 5.76. The predicted molar refractivity (Wildman–Crippen MR) is 278 cm³/mol. The van der Waals surface area contributed by atoms with Crippen molar-refractivity contribution in [3.63, 3.8) is 0 Å². The second-order valence-corrected chi connectivity index (χ2v) is 19.3. The highest BCUT2D eigenvalue weighted by atomic mass is 16.5. The van der Waals surface area contributed by atoms with E-state index in [1.165, 1.54) is 205 Å². The number of ether oxygens (including phenoxy) is 1. The molecule has 0 heterocycles. The average molecular weight is 901 g/mol. The molecule has 0 aliphatic heterocycles. The van der Waals surface area contributed by atoms with Gasteiger partial charge in [-0.05, 0) is 70.6 Å². The number of rotatable bonds is 52. The van der Waals surface area contributed by atoms with Crippen LogP contribution in [0.15, 0.2) is 36.5 Å². The lowest BCUT2D eigenvalue weighted by atomic mass is 10.0. The summed E-state index contributed by atoms with van der Waals surface area (Å²) >= 11 is 0. The Morgan fingerprint density at radius 1 is 0.438 bits per heavy atom. The fraction of sp³-hybridized carbons (Fsp3) is 0.862. The van der Waals surface area contributed by atoms with Crippen molar-refractivity contribution in [3.05, 3.63) is 36.5 Å². The third-order valence-electron chi connectivity index (χ3n) is 12.9. The molecule has 6 heteroatoms. The summed E-state index contributed by atoms with van der Waals surface area (Å²) in [5.41, 5.74) is 0. The molecule has 0 spiro atoms. The Hall–Kier alpha value is -1.92. The molecule has 0 fully saturated rings. The summed E-state index contributed by atoms with van der Waals surface area (Å²) in [6, 6.07) is -0.586. The summed E-state index contributed by atoms with van der Waals surface area (Å²) in [4.78, 5) is 24.5. The van der Waals surface area contributed by atoms with Crippen LogP contribution in [0.25, 0.3) is 0 Å². The van der Waals surface area contributed by atoms with Crippen LogP contribution < -0.4 is 5.32 Å². The largest absolute Gasteiger partial charge is 0.466 e. The SMILES string of the molecule is CCCCCCCC/C=C\CCCCCCCCCC(=O)OCCCCCCCC/C=C\C/C=C\CCC(=O)NC(CO)C(O)CCCCCCCCCCCCCCCCCCC. The van der Waals surface area contributed by atoms with Crippen molar-refractivity contribution >= 4 is 11.9 Å². The Morgan fingerprint density at radius 3 is 1.23 bits per heavy atom. The van der Waals surface area contributed by atoms with Gasteiger partial charge in [0, 0.05) is 12.8 Å². The Balaban J connectivity index is 3.54. The molecule has 1 amide bonds. The number of aliphatic hydroxyl groups excluding tert-OH is 2. The van der Waals surface area contributed by atoms with Crippen LogP contribution in [0.3, 0.4) is 0 Å². The van der Waals surface area contributed by atoms with Gasteiger partial charge in [-0.2, -0.15) is 0 Å². The average Bonchev–Trinajstić information content (AvgIpc) is 3.29. The molecular weight excluding hydrogens is 791 g/mol. The molecule has 0 aromatic heterocycles. The van der Waals surface area contributed by atoms with Crippen molar-refractivity contribution in [1.82, 2.24) is 5.32 Å². The monoisotopic (exact) mass is 900 g/mol. The lowest BCUT2D eigenvalue weighted by Crippen LogP contribution is -2.45. The summed E-state index contributed by atoms with van der Waals surface area (Å²) in [6.07, 6.45) is 65.7. The van der Waals surface area contributed by atoms with Gasteiger partial charge in [0.2, 0.25) is 5.91 Å². The first-order valence-corrected chi connectivity index (χ1v) is 28.2. The smallest absolute Gasteiger partial charge is 0.305 e. The predicted octanol–water partition coefficient (Wildman–Crippen LogP) is 17.2. The molecule has 6 nitrogen and oxygen atoms in total. The van der Waals surface area contributed by atoms with Gasteiger partial charge in [-0.1, -0.05) is 249 Å². The zero-order chi connectivity index (χ0) is 46.5. The standard InChI is InChI=1S/C58H109NO5/c1-3-5-7-9-11-13-15-17-19-21-23-26-30-34-38-42-46-50-56(61)55(54-60)59-57(62)51-47-43-39-35-31-27-25-29-33-37-41-45-49-53-64-58(63)52-48-44-40-36-32-28-24-22-20-18-16-14-12-10-8-6-4-2/h18,20,27,31,39,43,55-56,60-61H,3-17,19,21-26,28-30,32-38,40-42,44-54H2,1-2H3,(H,59,62)/b20-18-,31-27-,43-39-. The number of allylic oxidation sites excluding steroid dienone is 6. The van der Waals surface area contributed by atoms with Crippen LogP contribution in [0, 0.1) is 0 Å². The van der Waals surface area contributed by atoms with Gasteiger partial charge in [0.1, 0.15) is 0 Å². The Morgan fingerprint density at radius 2 is 0.797 bits per heavy atom. The summed E-state index contributed by atoms with van der Waals surface area (Å²) < 4.78 is 5.46. The molecule has 64 heavy (non-hydrogen) atoms. The van der Waals surface area contributed by atoms with Crippen molar-refractivity contribution in [2.24, 2.45) is 0 Å². The van der Waals surface area contributed by atoms with Gasteiger partial charge in [-0.25, -0.2) is 0 Å². The van der Waals surface area contributed by atoms with Crippen molar-refractivity contribution in [3.8, 4) is 0 Å². The molecule has 2 atom stereocenters. The lowest BCUT2D eigenvalue weighted by Gasteiger charge is -2.22. The number of aliphatic hydroxyl groups is 2. The minimum atomic E-state index is -0.700. The van der Waals surface area contributed by atoms with E-state index in [0.29, 0.717) is 32.3 Å². The summed E-state index contributed by atoms with van der Waals surface area (Å²) in [7, 11) is 0. The van der Waals surface area contributed by atoms with Gasteiger partial charge >= 0.3 is 5.97 Å². The number of hydrogen-bond donors (Lipinski definition) is 3. The molecule has 0 saturated heterocycles. The van der Waals surface area contributed by atoms with Crippen LogP contribution in [0.2, 0.25) is 0 Å². The first-order chi connectivity index (χ1) is 31.5. The van der Waals surface area contributed by atoms with E-state index in [9.17, 15) is 19.8 Å². The highest BCUT2D eigenvalue weighted by Gasteiger charge is 2.19. The van der Waals surface area contributed by atoms with Gasteiger partial charge in [-0.3, -0.25) is 9.59 Å². The van der Waals surface area contributed by atoms with Gasteiger partial charge in [0.05, 0.1) is 25.4 Å². The molecule has 0 aliphatic rings. The summed E-state index contributed by atoms with van der Waals surface area (Å²) in [5, 5.41) is 23.2. The zero-order valence-corrected chi connectivity index (χ0v) is 42.8. The Bertz CT molecular complexity index is 1040. The number of carbonyl (C=O) groups excluding carboxylic acids is 2. The zero-order valence-electron chi connectivity index (χ0n) is 42.8. The van der Waals surface area contributed by atoms with Crippen LogP contribution >= 0.6 is 0 Å². The number of hydrogen-bond acceptors (Lipinski definition) is 5. The minimum absolute atomic E-state index is 0.0203. The number of nitrogens with one attached hydrogen (secondary N) is 1. The Labute approximate surface area is 398 Å². The quantitative estimate of drug-likeness (QED) is 0.0321. The molecule has 0 aliphatic carbocycles. The van der Waals surface area contributed by atoms with Gasteiger partial charge in [-0.15, -0.1) is 0 Å². The number of esters is 1. The summed E-state index contributed by atoms with van der Waals surface area (Å²) in [5.74, 6) is -0.135. The molecule has 2 unspecified atom stereocenters. The number of unbranched alkanes of at least 4 members (excludes halogenated alkanes) is 35. The lowest BCUT2D eigenvalue weighted by molar-refractivity contribution is -0.143. The van der Waals surface area contributed by atoms with E-state index >= 15 is 0 Å². The van der Waals surface area contributed by atoms with E-state index in [1.54, 1.807) is 0 Å². The normalized spacial score (nSPS) is 12.9. The maximum Gasteiger partial charge on any atom is 0.305 e. The van der Waals surface area contributed by atoms with Crippen molar-refractivity contribution in [1.29, 1.82) is 0 Å². The molecule has 0 rings (SSSR count). The van der Waals surface area contributed by atoms with Crippen molar-refractivity contribution in [2.75, 3.05) is 13.2 Å². The Kier molecular flexibility index (Phi) is 52.1. The summed E-state index contributed by atoms with van der Waals surface area (Å²) in [6.45, 7) is 4.89. The van der Waals surface area contributed by atoms with Crippen LogP contribution in [0.4, 0.5) is 0 Å². The maximum absolute atomic E-state index is 12.4. The molecule has 0 aromatic rings. The molecule has 376 valence electrons. The topological polar surface area (TPSA) is 95.9 Å². The number of carbonyl (C=O) groups is 2. The van der Waals surface area contributed by atoms with Crippen LogP contribution in [0.1, 0.15) is 296 Å².